The van der Waals surface area contributed by atoms with E-state index in [0.29, 0.717) is 23.6 Å². The molecule has 0 bridgehead atoms. The third-order valence-corrected chi connectivity index (χ3v) is 4.23. The van der Waals surface area contributed by atoms with Crippen LogP contribution in [0.4, 0.5) is 5.69 Å². The maximum Gasteiger partial charge on any atom is 0.278 e. The molecule has 1 fully saturated rings. The molecule has 0 spiro atoms. The highest BCUT2D eigenvalue weighted by molar-refractivity contribution is 5.47. The lowest BCUT2D eigenvalue weighted by atomic mass is 9.97. The molecule has 2 rings (SSSR count). The van der Waals surface area contributed by atoms with Crippen molar-refractivity contribution in [2.24, 2.45) is 5.92 Å². The van der Waals surface area contributed by atoms with Gasteiger partial charge in [-0.15, -0.1) is 0 Å². The summed E-state index contributed by atoms with van der Waals surface area (Å²) in [6.07, 6.45) is 4.05. The lowest BCUT2D eigenvalue weighted by molar-refractivity contribution is -0.386. The second-order valence-electron chi connectivity index (χ2n) is 5.92. The Morgan fingerprint density at radius 1 is 1.52 bits per heavy atom. The quantitative estimate of drug-likeness (QED) is 0.664. The third-order valence-electron chi connectivity index (χ3n) is 4.23. The van der Waals surface area contributed by atoms with E-state index in [1.165, 1.54) is 12.8 Å². The van der Waals surface area contributed by atoms with Crippen LogP contribution in [0.5, 0.6) is 0 Å². The number of rotatable bonds is 5. The van der Waals surface area contributed by atoms with Crippen molar-refractivity contribution in [2.75, 3.05) is 26.7 Å². The fourth-order valence-electron chi connectivity index (χ4n) is 3.17. The molecule has 0 aliphatic carbocycles. The fraction of sp³-hybridized carbons (Fsp3) is 0.667. The summed E-state index contributed by atoms with van der Waals surface area (Å²) < 4.78 is 0. The molecule has 1 aliphatic rings. The van der Waals surface area contributed by atoms with Gasteiger partial charge in [0.2, 0.25) is 0 Å². The van der Waals surface area contributed by atoms with Crippen LogP contribution in [0.15, 0.2) is 6.20 Å². The van der Waals surface area contributed by atoms with Crippen molar-refractivity contribution in [1.29, 1.82) is 0 Å². The molecule has 1 saturated heterocycles. The van der Waals surface area contributed by atoms with Crippen LogP contribution < -0.4 is 5.32 Å². The molecule has 1 aliphatic heterocycles. The number of piperidine rings is 1. The number of hydrogen-bond acceptors (Lipinski definition) is 5. The predicted octanol–water partition coefficient (Wildman–Crippen LogP) is 2.04. The van der Waals surface area contributed by atoms with E-state index in [-0.39, 0.29) is 10.6 Å². The smallest absolute Gasteiger partial charge is 0.278 e. The minimum Gasteiger partial charge on any atom is -0.319 e. The first-order valence-corrected chi connectivity index (χ1v) is 7.49. The zero-order valence-electron chi connectivity index (χ0n) is 13.1. The number of likely N-dealkylation sites (tertiary alicyclic amines) is 1. The summed E-state index contributed by atoms with van der Waals surface area (Å²) >= 11 is 0. The summed E-state index contributed by atoms with van der Waals surface area (Å²) in [4.78, 5) is 17.7. The van der Waals surface area contributed by atoms with Crippen molar-refractivity contribution < 1.29 is 4.92 Å². The van der Waals surface area contributed by atoms with E-state index >= 15 is 0 Å². The van der Waals surface area contributed by atoms with Gasteiger partial charge in [-0.3, -0.25) is 20.0 Å². The predicted molar refractivity (Wildman–Crippen MR) is 82.3 cm³/mol. The lowest BCUT2D eigenvalue weighted by Crippen LogP contribution is -2.38. The first kappa shape index (κ1) is 15.9. The van der Waals surface area contributed by atoms with Crippen LogP contribution in [0.1, 0.15) is 29.7 Å². The Hall–Kier alpha value is -1.53. The summed E-state index contributed by atoms with van der Waals surface area (Å²) in [5.74, 6) is 0.657. The Morgan fingerprint density at radius 3 is 2.95 bits per heavy atom. The average molecular weight is 292 g/mol. The maximum absolute atomic E-state index is 11.2. The van der Waals surface area contributed by atoms with Gasteiger partial charge in [-0.1, -0.05) is 0 Å². The van der Waals surface area contributed by atoms with Crippen LogP contribution in [0, 0.1) is 29.9 Å². The molecule has 0 radical (unpaired) electrons. The minimum absolute atomic E-state index is 0.212. The second kappa shape index (κ2) is 6.95. The first-order valence-electron chi connectivity index (χ1n) is 7.49. The van der Waals surface area contributed by atoms with E-state index in [1.54, 1.807) is 13.1 Å². The summed E-state index contributed by atoms with van der Waals surface area (Å²) in [5.41, 5.74) is 2.38. The molecule has 1 N–H and O–H groups in total. The average Bonchev–Trinajstić information content (AvgIpc) is 2.43. The van der Waals surface area contributed by atoms with E-state index in [2.05, 4.69) is 15.2 Å². The minimum atomic E-state index is -0.296. The molecular weight excluding hydrogens is 268 g/mol. The summed E-state index contributed by atoms with van der Waals surface area (Å²) in [5, 5.41) is 14.4. The Bertz CT molecular complexity index is 517. The standard InChI is InChI=1S/C15H24N4O2/c1-11-7-17-14(12(2)15(11)19(20)21)10-18-6-4-5-13(9-18)8-16-3/h7,13,16H,4-6,8-10H2,1-3H3. The van der Waals surface area contributed by atoms with Gasteiger partial charge in [0, 0.05) is 30.4 Å². The fourth-order valence-corrected chi connectivity index (χ4v) is 3.17. The molecule has 1 aromatic rings. The molecule has 116 valence electrons. The second-order valence-corrected chi connectivity index (χ2v) is 5.92. The zero-order valence-corrected chi connectivity index (χ0v) is 13.1. The monoisotopic (exact) mass is 292 g/mol. The van der Waals surface area contributed by atoms with Crippen LogP contribution in [-0.2, 0) is 6.54 Å². The maximum atomic E-state index is 11.2. The molecule has 1 atom stereocenters. The van der Waals surface area contributed by atoms with Crippen LogP contribution in [-0.4, -0.2) is 41.5 Å². The number of nitro groups is 1. The van der Waals surface area contributed by atoms with Gasteiger partial charge < -0.3 is 5.32 Å². The number of hydrogen-bond donors (Lipinski definition) is 1. The largest absolute Gasteiger partial charge is 0.319 e. The lowest BCUT2D eigenvalue weighted by Gasteiger charge is -2.32. The number of aromatic nitrogens is 1. The summed E-state index contributed by atoms with van der Waals surface area (Å²) in [7, 11) is 1.98. The Labute approximate surface area is 125 Å². The highest BCUT2D eigenvalue weighted by Crippen LogP contribution is 2.26. The molecule has 6 nitrogen and oxygen atoms in total. The van der Waals surface area contributed by atoms with Crippen molar-refractivity contribution in [3.05, 3.63) is 33.1 Å². The van der Waals surface area contributed by atoms with Crippen molar-refractivity contribution in [3.63, 3.8) is 0 Å². The Kier molecular flexibility index (Phi) is 5.25. The van der Waals surface area contributed by atoms with Gasteiger partial charge in [0.15, 0.2) is 0 Å². The van der Waals surface area contributed by atoms with Crippen LogP contribution in [0.3, 0.4) is 0 Å². The number of nitrogens with zero attached hydrogens (tertiary/aromatic N) is 3. The zero-order chi connectivity index (χ0) is 15.4. The van der Waals surface area contributed by atoms with E-state index in [4.69, 9.17) is 0 Å². The molecule has 1 aromatic heterocycles. The van der Waals surface area contributed by atoms with Crippen molar-refractivity contribution in [3.8, 4) is 0 Å². The highest BCUT2D eigenvalue weighted by Gasteiger charge is 2.23. The van der Waals surface area contributed by atoms with E-state index in [9.17, 15) is 10.1 Å². The van der Waals surface area contributed by atoms with E-state index < -0.39 is 0 Å². The van der Waals surface area contributed by atoms with Gasteiger partial charge in [0.25, 0.3) is 5.69 Å². The van der Waals surface area contributed by atoms with Gasteiger partial charge >= 0.3 is 0 Å². The molecular formula is C15H24N4O2. The Balaban J connectivity index is 2.12. The third kappa shape index (κ3) is 3.77. The highest BCUT2D eigenvalue weighted by atomic mass is 16.6. The van der Waals surface area contributed by atoms with Crippen molar-refractivity contribution in [1.82, 2.24) is 15.2 Å². The molecule has 21 heavy (non-hydrogen) atoms. The van der Waals surface area contributed by atoms with Gasteiger partial charge in [-0.2, -0.15) is 0 Å². The molecule has 0 saturated carbocycles. The molecule has 1 unspecified atom stereocenters. The molecule has 6 heteroatoms. The van der Waals surface area contributed by atoms with E-state index in [1.807, 2.05) is 14.0 Å². The van der Waals surface area contributed by atoms with E-state index in [0.717, 1.165) is 25.3 Å². The van der Waals surface area contributed by atoms with Crippen molar-refractivity contribution in [2.45, 2.75) is 33.2 Å². The van der Waals surface area contributed by atoms with Gasteiger partial charge in [0.05, 0.1) is 10.6 Å². The van der Waals surface area contributed by atoms with Crippen LogP contribution >= 0.6 is 0 Å². The normalized spacial score (nSPS) is 19.7. The summed E-state index contributed by atoms with van der Waals surface area (Å²) in [6, 6.07) is 0. The number of aryl methyl sites for hydroxylation is 1. The topological polar surface area (TPSA) is 71.3 Å². The van der Waals surface area contributed by atoms with Crippen LogP contribution in [0.2, 0.25) is 0 Å². The van der Waals surface area contributed by atoms with Gasteiger partial charge in [0.1, 0.15) is 0 Å². The molecule has 0 aromatic carbocycles. The van der Waals surface area contributed by atoms with Crippen molar-refractivity contribution >= 4 is 5.69 Å². The SMILES string of the molecule is CNCC1CCCN(Cc2ncc(C)c([N+](=O)[O-])c2C)C1. The molecule has 2 heterocycles. The van der Waals surface area contributed by atoms with Crippen LogP contribution in [0.25, 0.3) is 0 Å². The number of pyridine rings is 1. The first-order chi connectivity index (χ1) is 10.0. The van der Waals surface area contributed by atoms with Gasteiger partial charge in [-0.05, 0) is 52.7 Å². The Morgan fingerprint density at radius 2 is 2.29 bits per heavy atom. The molecule has 0 amide bonds. The summed E-state index contributed by atoms with van der Waals surface area (Å²) in [6.45, 7) is 7.35. The number of nitrogens with one attached hydrogen (secondary N) is 1. The van der Waals surface area contributed by atoms with Gasteiger partial charge in [-0.25, -0.2) is 0 Å².